The molecule has 0 atom stereocenters. The molecule has 24 heavy (non-hydrogen) atoms. The van der Waals surface area contributed by atoms with E-state index < -0.39 is 36.3 Å². The Morgan fingerprint density at radius 2 is 0.958 bits per heavy atom. The molecule has 0 radical (unpaired) electrons. The van der Waals surface area contributed by atoms with Crippen LogP contribution in [0, 0.1) is 0 Å². The first-order valence-electron chi connectivity index (χ1n) is 6.23. The highest BCUT2D eigenvalue weighted by Gasteiger charge is 2.13. The lowest BCUT2D eigenvalue weighted by Gasteiger charge is -2.08. The largest absolute Gasteiger partial charge is 0.332 e. The summed E-state index contributed by atoms with van der Waals surface area (Å²) in [4.78, 5) is 10.6. The van der Waals surface area contributed by atoms with E-state index in [-0.39, 0.29) is 11.4 Å². The number of rotatable bonds is 4. The number of amides is 2. The van der Waals surface area contributed by atoms with Crippen molar-refractivity contribution in [2.24, 2.45) is 0 Å². The van der Waals surface area contributed by atoms with Crippen LogP contribution in [0.2, 0.25) is 0 Å². The second-order valence-electron chi connectivity index (χ2n) is 4.50. The third kappa shape index (κ3) is 4.73. The van der Waals surface area contributed by atoms with Crippen molar-refractivity contribution < 1.29 is 29.4 Å². The van der Waals surface area contributed by atoms with Crippen molar-refractivity contribution in [3.8, 4) is 0 Å². The van der Waals surface area contributed by atoms with Crippen molar-refractivity contribution in [3.05, 3.63) is 48.5 Å². The minimum absolute atomic E-state index is 0.197. The summed E-state index contributed by atoms with van der Waals surface area (Å²) in [5.74, 6) is 0. The molecule has 0 aliphatic rings. The van der Waals surface area contributed by atoms with Crippen molar-refractivity contribution in [3.63, 3.8) is 0 Å². The fourth-order valence-corrected chi connectivity index (χ4v) is 2.62. The highest BCUT2D eigenvalue weighted by atomic mass is 32.3. The van der Waals surface area contributed by atoms with E-state index in [1.165, 1.54) is 24.3 Å². The number of hydrogen-bond donors (Lipinski definition) is 2. The van der Waals surface area contributed by atoms with Gasteiger partial charge in [0.25, 0.3) is 0 Å². The van der Waals surface area contributed by atoms with Crippen LogP contribution in [0.3, 0.4) is 0 Å². The molecule has 2 N–H and O–H groups in total. The molecule has 0 saturated carbocycles. The van der Waals surface area contributed by atoms with E-state index >= 15 is 0 Å². The Morgan fingerprint density at radius 3 is 1.21 bits per heavy atom. The molecule has 0 heterocycles. The number of hydrogen-bond acceptors (Lipinski definition) is 5. The normalized spacial score (nSPS) is 11.8. The predicted molar refractivity (Wildman–Crippen MR) is 82.1 cm³/mol. The van der Waals surface area contributed by atoms with Crippen molar-refractivity contribution >= 4 is 37.9 Å². The zero-order chi connectivity index (χ0) is 18.0. The quantitative estimate of drug-likeness (QED) is 0.797. The minimum atomic E-state index is -4.82. The Bertz CT molecular complexity index is 877. The molecule has 2 rings (SSSR count). The first kappa shape index (κ1) is 17.8. The summed E-state index contributed by atoms with van der Waals surface area (Å²) in [5, 5.41) is 4.71. The molecule has 2 aromatic carbocycles. The average Bonchev–Trinajstić information content (AvgIpc) is 2.46. The van der Waals surface area contributed by atoms with Gasteiger partial charge in [0.1, 0.15) is 0 Å². The molecule has 2 aromatic rings. The van der Waals surface area contributed by atoms with Gasteiger partial charge in [0, 0.05) is 11.4 Å². The van der Waals surface area contributed by atoms with Gasteiger partial charge in [0.05, 0.1) is 9.79 Å². The molecule has 0 spiro atoms. The monoisotopic (exact) mass is 376 g/mol. The summed E-state index contributed by atoms with van der Waals surface area (Å²) < 4.78 is 68.1. The van der Waals surface area contributed by atoms with E-state index in [0.29, 0.717) is 0 Å². The molecule has 7 nitrogen and oxygen atoms in total. The highest BCUT2D eigenvalue weighted by molar-refractivity contribution is 7.86. The fraction of sp³-hybridized carbons (Fsp3) is 0. The molecule has 0 aliphatic heterocycles. The van der Waals surface area contributed by atoms with Gasteiger partial charge in [0.15, 0.2) is 0 Å². The van der Waals surface area contributed by atoms with Crippen LogP contribution in [-0.2, 0) is 20.4 Å². The van der Waals surface area contributed by atoms with Gasteiger partial charge in [-0.15, -0.1) is 7.77 Å². The van der Waals surface area contributed by atoms with Crippen molar-refractivity contribution in [1.82, 2.24) is 0 Å². The van der Waals surface area contributed by atoms with Crippen LogP contribution in [0.15, 0.2) is 58.3 Å². The van der Waals surface area contributed by atoms with Gasteiger partial charge in [-0.3, -0.25) is 0 Å². The summed E-state index contributed by atoms with van der Waals surface area (Å²) in [6.07, 6.45) is 0. The second-order valence-corrected chi connectivity index (χ2v) is 7.20. The summed E-state index contributed by atoms with van der Waals surface area (Å²) in [6.45, 7) is 0. The number of nitrogens with one attached hydrogen (secondary N) is 2. The lowest BCUT2D eigenvalue weighted by molar-refractivity contribution is 0.262. The van der Waals surface area contributed by atoms with E-state index in [0.717, 1.165) is 24.3 Å². The molecule has 0 aromatic heterocycles. The minimum Gasteiger partial charge on any atom is -0.308 e. The fourth-order valence-electron chi connectivity index (χ4n) is 1.70. The predicted octanol–water partition coefficient (Wildman–Crippen LogP) is 2.65. The van der Waals surface area contributed by atoms with Crippen molar-refractivity contribution in [2.75, 3.05) is 10.6 Å². The Labute approximate surface area is 136 Å². The standard InChI is InChI=1S/C13H10F2N2O5S2/c14-23(19,20)11-5-1-9(2-6-11)16-13(18)17-10-3-7-12(8-4-10)24(15,21)22/h1-8H,(H2,16,17,18). The van der Waals surface area contributed by atoms with Gasteiger partial charge in [-0.1, -0.05) is 0 Å². The zero-order valence-electron chi connectivity index (χ0n) is 11.7. The van der Waals surface area contributed by atoms with E-state index in [1.807, 2.05) is 0 Å². The van der Waals surface area contributed by atoms with E-state index in [1.54, 1.807) is 0 Å². The molecule has 0 unspecified atom stereocenters. The highest BCUT2D eigenvalue weighted by Crippen LogP contribution is 2.18. The molecular weight excluding hydrogens is 366 g/mol. The maximum atomic E-state index is 12.7. The zero-order valence-corrected chi connectivity index (χ0v) is 13.4. The molecule has 0 aliphatic carbocycles. The number of urea groups is 1. The SMILES string of the molecule is O=C(Nc1ccc(S(=O)(=O)F)cc1)Nc1ccc(S(=O)(=O)F)cc1. The first-order valence-corrected chi connectivity index (χ1v) is 9.00. The molecule has 128 valence electrons. The third-order valence-corrected chi connectivity index (χ3v) is 4.46. The lowest BCUT2D eigenvalue weighted by Crippen LogP contribution is -2.19. The molecule has 0 fully saturated rings. The van der Waals surface area contributed by atoms with Crippen molar-refractivity contribution in [1.29, 1.82) is 0 Å². The summed E-state index contributed by atoms with van der Waals surface area (Å²) in [5.41, 5.74) is 0.394. The van der Waals surface area contributed by atoms with Gasteiger partial charge in [0.2, 0.25) is 0 Å². The number of halogens is 2. The second kappa shape index (κ2) is 6.53. The number of carbonyl (C=O) groups is 1. The third-order valence-electron chi connectivity index (χ3n) is 2.79. The van der Waals surface area contributed by atoms with Crippen LogP contribution in [0.1, 0.15) is 0 Å². The Balaban J connectivity index is 2.03. The topological polar surface area (TPSA) is 109 Å². The van der Waals surface area contributed by atoms with Crippen LogP contribution in [0.4, 0.5) is 23.9 Å². The van der Waals surface area contributed by atoms with Crippen LogP contribution in [0.25, 0.3) is 0 Å². The molecule has 2 amide bonds. The lowest BCUT2D eigenvalue weighted by atomic mass is 10.3. The van der Waals surface area contributed by atoms with Crippen LogP contribution < -0.4 is 10.6 Å². The number of carbonyl (C=O) groups excluding carboxylic acids is 1. The van der Waals surface area contributed by atoms with E-state index in [4.69, 9.17) is 0 Å². The first-order chi connectivity index (χ1) is 11.1. The van der Waals surface area contributed by atoms with Gasteiger partial charge >= 0.3 is 26.5 Å². The molecular formula is C13H10F2N2O5S2. The van der Waals surface area contributed by atoms with Gasteiger partial charge in [-0.05, 0) is 48.5 Å². The van der Waals surface area contributed by atoms with Crippen LogP contribution in [-0.4, -0.2) is 22.9 Å². The molecule has 11 heteroatoms. The van der Waals surface area contributed by atoms with E-state index in [2.05, 4.69) is 10.6 Å². The van der Waals surface area contributed by atoms with Gasteiger partial charge in [-0.25, -0.2) is 4.79 Å². The maximum Gasteiger partial charge on any atom is 0.332 e. The number of benzene rings is 2. The average molecular weight is 376 g/mol. The summed E-state index contributed by atoms with van der Waals surface area (Å²) >= 11 is 0. The summed E-state index contributed by atoms with van der Waals surface area (Å²) in [7, 11) is -9.64. The Morgan fingerprint density at radius 1 is 0.667 bits per heavy atom. The number of anilines is 2. The van der Waals surface area contributed by atoms with Crippen molar-refractivity contribution in [2.45, 2.75) is 9.79 Å². The van der Waals surface area contributed by atoms with Crippen LogP contribution in [0.5, 0.6) is 0 Å². The van der Waals surface area contributed by atoms with Gasteiger partial charge < -0.3 is 10.6 Å². The van der Waals surface area contributed by atoms with Crippen LogP contribution >= 0.6 is 0 Å². The smallest absolute Gasteiger partial charge is 0.308 e. The van der Waals surface area contributed by atoms with Gasteiger partial charge in [-0.2, -0.15) is 16.8 Å². The molecule has 0 saturated heterocycles. The Kier molecular flexibility index (Phi) is 4.85. The Hall–Kier alpha value is -2.53. The maximum absolute atomic E-state index is 12.7. The molecule has 0 bridgehead atoms. The summed E-state index contributed by atoms with van der Waals surface area (Å²) in [6, 6.07) is 7.93. The van der Waals surface area contributed by atoms with E-state index in [9.17, 15) is 29.4 Å².